The summed E-state index contributed by atoms with van der Waals surface area (Å²) in [4.78, 5) is 11.5. The van der Waals surface area contributed by atoms with Gasteiger partial charge in [0.15, 0.2) is 11.4 Å². The Labute approximate surface area is 110 Å². The van der Waals surface area contributed by atoms with Crippen molar-refractivity contribution in [3.63, 3.8) is 0 Å². The van der Waals surface area contributed by atoms with Crippen LogP contribution >= 0.6 is 0 Å². The molecule has 0 fully saturated rings. The summed E-state index contributed by atoms with van der Waals surface area (Å²) in [5.74, 6) is -0.553. The lowest BCUT2D eigenvalue weighted by Gasteiger charge is -2.23. The summed E-state index contributed by atoms with van der Waals surface area (Å²) >= 11 is 0. The Balaban J connectivity index is 2.61. The molecule has 0 saturated carbocycles. The van der Waals surface area contributed by atoms with Gasteiger partial charge in [0.05, 0.1) is 11.8 Å². The average molecular weight is 264 g/mol. The highest BCUT2D eigenvalue weighted by Gasteiger charge is 2.37. The van der Waals surface area contributed by atoms with Gasteiger partial charge < -0.3 is 5.11 Å². The van der Waals surface area contributed by atoms with Crippen LogP contribution < -0.4 is 0 Å². The molecule has 0 aliphatic rings. The molecular weight excluding hydrogens is 248 g/mol. The van der Waals surface area contributed by atoms with E-state index in [0.717, 1.165) is 11.3 Å². The fourth-order valence-corrected chi connectivity index (χ4v) is 1.80. The third-order valence-corrected chi connectivity index (χ3v) is 3.56. The van der Waals surface area contributed by atoms with Gasteiger partial charge in [-0.05, 0) is 30.7 Å². The van der Waals surface area contributed by atoms with Gasteiger partial charge >= 0.3 is 5.97 Å². The van der Waals surface area contributed by atoms with E-state index in [-0.39, 0.29) is 0 Å². The third kappa shape index (κ3) is 1.88. The summed E-state index contributed by atoms with van der Waals surface area (Å²) in [6.45, 7) is 5.27. The summed E-state index contributed by atoms with van der Waals surface area (Å²) in [7, 11) is 1.81. The van der Waals surface area contributed by atoms with Gasteiger partial charge in [-0.1, -0.05) is 6.92 Å². The zero-order valence-corrected chi connectivity index (χ0v) is 11.3. The van der Waals surface area contributed by atoms with E-state index in [2.05, 4.69) is 20.6 Å². The normalized spacial score (nSPS) is 14.3. The monoisotopic (exact) mass is 264 g/mol. The summed E-state index contributed by atoms with van der Waals surface area (Å²) in [6.07, 6.45) is 2.01. The maximum atomic E-state index is 11.5. The average Bonchev–Trinajstić information content (AvgIpc) is 2.97. The predicted molar refractivity (Wildman–Crippen MR) is 66.3 cm³/mol. The van der Waals surface area contributed by atoms with Crippen LogP contribution in [0.3, 0.4) is 0 Å². The van der Waals surface area contributed by atoms with Crippen molar-refractivity contribution in [2.45, 2.75) is 32.7 Å². The van der Waals surface area contributed by atoms with Crippen molar-refractivity contribution in [3.05, 3.63) is 11.9 Å². The van der Waals surface area contributed by atoms with E-state index in [1.807, 2.05) is 14.0 Å². The van der Waals surface area contributed by atoms with Crippen molar-refractivity contribution in [2.75, 3.05) is 0 Å². The Bertz CT molecular complexity index is 616. The fourth-order valence-electron chi connectivity index (χ4n) is 1.80. The van der Waals surface area contributed by atoms with Gasteiger partial charge in [0, 0.05) is 12.7 Å². The molecule has 1 unspecified atom stereocenters. The number of aryl methyl sites for hydroxylation is 1. The number of carboxylic acids is 1. The van der Waals surface area contributed by atoms with Gasteiger partial charge in [0.25, 0.3) is 0 Å². The van der Waals surface area contributed by atoms with Crippen molar-refractivity contribution >= 4 is 5.97 Å². The molecule has 0 spiro atoms. The second-order valence-corrected chi connectivity index (χ2v) is 4.61. The van der Waals surface area contributed by atoms with Gasteiger partial charge in [-0.25, -0.2) is 9.48 Å². The summed E-state index contributed by atoms with van der Waals surface area (Å²) in [5, 5.41) is 24.9. The Morgan fingerprint density at radius 2 is 2.21 bits per heavy atom. The number of tetrazole rings is 1. The van der Waals surface area contributed by atoms with E-state index in [1.54, 1.807) is 24.7 Å². The van der Waals surface area contributed by atoms with Gasteiger partial charge in [0.1, 0.15) is 0 Å². The fraction of sp³-hybridized carbons (Fsp3) is 0.545. The zero-order chi connectivity index (χ0) is 14.2. The van der Waals surface area contributed by atoms with E-state index in [9.17, 15) is 9.90 Å². The molecule has 0 aliphatic heterocycles. The van der Waals surface area contributed by atoms with Gasteiger partial charge in [0.2, 0.25) is 0 Å². The first-order valence-electron chi connectivity index (χ1n) is 5.93. The molecule has 2 heterocycles. The molecule has 1 atom stereocenters. The second-order valence-electron chi connectivity index (χ2n) is 4.61. The molecular formula is C11H16N6O2. The summed E-state index contributed by atoms with van der Waals surface area (Å²) in [5.41, 5.74) is 0.425. The smallest absolute Gasteiger partial charge is 0.331 e. The number of nitrogens with zero attached hydrogens (tertiary/aromatic N) is 6. The van der Waals surface area contributed by atoms with Crippen LogP contribution in [0.25, 0.3) is 11.4 Å². The van der Waals surface area contributed by atoms with E-state index in [0.29, 0.717) is 12.2 Å². The van der Waals surface area contributed by atoms with E-state index in [1.165, 1.54) is 4.68 Å². The van der Waals surface area contributed by atoms with Crippen LogP contribution in [-0.4, -0.2) is 41.1 Å². The number of hydrogen-bond donors (Lipinski definition) is 1. The molecule has 0 aliphatic carbocycles. The van der Waals surface area contributed by atoms with Crippen LogP contribution in [-0.2, 0) is 17.4 Å². The molecule has 8 nitrogen and oxygen atoms in total. The highest BCUT2D eigenvalue weighted by molar-refractivity contribution is 5.77. The number of carboxylic acid groups (broad SMARTS) is 1. The topological polar surface area (TPSA) is 98.7 Å². The Hall–Kier alpha value is -2.25. The molecule has 1 N–H and O–H groups in total. The Morgan fingerprint density at radius 1 is 1.53 bits per heavy atom. The van der Waals surface area contributed by atoms with Crippen LogP contribution in [0.15, 0.2) is 6.20 Å². The first-order valence-corrected chi connectivity index (χ1v) is 5.93. The summed E-state index contributed by atoms with van der Waals surface area (Å²) < 4.78 is 3.04. The molecule has 19 heavy (non-hydrogen) atoms. The van der Waals surface area contributed by atoms with E-state index < -0.39 is 11.5 Å². The van der Waals surface area contributed by atoms with Crippen molar-refractivity contribution in [1.82, 2.24) is 30.0 Å². The van der Waals surface area contributed by atoms with Crippen molar-refractivity contribution in [3.8, 4) is 11.4 Å². The number of aromatic nitrogens is 6. The first kappa shape index (κ1) is 13.2. The van der Waals surface area contributed by atoms with Gasteiger partial charge in [-0.3, -0.25) is 4.68 Å². The van der Waals surface area contributed by atoms with Crippen LogP contribution in [0, 0.1) is 6.92 Å². The largest absolute Gasteiger partial charge is 0.479 e. The van der Waals surface area contributed by atoms with Gasteiger partial charge in [-0.15, -0.1) is 5.10 Å². The van der Waals surface area contributed by atoms with Crippen molar-refractivity contribution in [2.24, 2.45) is 7.05 Å². The van der Waals surface area contributed by atoms with Crippen molar-refractivity contribution in [1.29, 1.82) is 0 Å². The number of hydrogen-bond acceptors (Lipinski definition) is 5. The molecule has 2 aromatic heterocycles. The zero-order valence-electron chi connectivity index (χ0n) is 11.3. The molecule has 0 aromatic carbocycles. The standard InChI is InChI=1S/C11H16N6O2/c1-5-11(3,10(18)19)17-9(13-14-15-17)8-6-12-16(4)7(8)2/h6H,5H2,1-4H3,(H,18,19). The minimum absolute atomic E-state index is 0.375. The SMILES string of the molecule is CCC(C)(C(=O)O)n1nnnc1-c1cnn(C)c1C. The summed E-state index contributed by atoms with van der Waals surface area (Å²) in [6, 6.07) is 0. The van der Waals surface area contributed by atoms with Gasteiger partial charge in [-0.2, -0.15) is 5.10 Å². The second kappa shape index (κ2) is 4.45. The van der Waals surface area contributed by atoms with Crippen LogP contribution in [0.4, 0.5) is 0 Å². The maximum absolute atomic E-state index is 11.5. The van der Waals surface area contributed by atoms with Crippen LogP contribution in [0.1, 0.15) is 26.0 Å². The van der Waals surface area contributed by atoms with Crippen LogP contribution in [0.5, 0.6) is 0 Å². The molecule has 2 rings (SSSR count). The van der Waals surface area contributed by atoms with Crippen LogP contribution in [0.2, 0.25) is 0 Å². The lowest BCUT2D eigenvalue weighted by atomic mass is 9.99. The predicted octanol–water partition coefficient (Wildman–Crippen LogP) is 0.592. The molecule has 102 valence electrons. The number of carbonyl (C=O) groups is 1. The molecule has 2 aromatic rings. The quantitative estimate of drug-likeness (QED) is 0.867. The Morgan fingerprint density at radius 3 is 2.68 bits per heavy atom. The lowest BCUT2D eigenvalue weighted by Crippen LogP contribution is -2.39. The molecule has 0 saturated heterocycles. The van der Waals surface area contributed by atoms with E-state index >= 15 is 0 Å². The molecule has 8 heteroatoms. The highest BCUT2D eigenvalue weighted by atomic mass is 16.4. The molecule has 0 bridgehead atoms. The third-order valence-electron chi connectivity index (χ3n) is 3.56. The number of rotatable bonds is 4. The molecule has 0 radical (unpaired) electrons. The minimum Gasteiger partial charge on any atom is -0.479 e. The first-order chi connectivity index (χ1) is 8.91. The lowest BCUT2D eigenvalue weighted by molar-refractivity contribution is -0.147. The van der Waals surface area contributed by atoms with Crippen molar-refractivity contribution < 1.29 is 9.90 Å². The maximum Gasteiger partial charge on any atom is 0.331 e. The molecule has 0 amide bonds. The Kier molecular flexibility index (Phi) is 3.09. The van der Waals surface area contributed by atoms with E-state index in [4.69, 9.17) is 0 Å². The number of aliphatic carboxylic acids is 1. The minimum atomic E-state index is -1.18. The highest BCUT2D eigenvalue weighted by Crippen LogP contribution is 2.27.